The average Bonchev–Trinajstić information content (AvgIpc) is 2.31. The second-order valence-electron chi connectivity index (χ2n) is 3.42. The summed E-state index contributed by atoms with van der Waals surface area (Å²) in [7, 11) is 2.12. The topological polar surface area (TPSA) is 47.1 Å². The van der Waals surface area contributed by atoms with Crippen molar-refractivity contribution in [2.75, 3.05) is 19.3 Å². The van der Waals surface area contributed by atoms with Gasteiger partial charge in [-0.25, -0.2) is 0 Å². The number of fused-ring (bicyclic) bond motifs is 1. The first-order valence-electron chi connectivity index (χ1n) is 4.19. The van der Waals surface area contributed by atoms with Crippen LogP contribution >= 0.6 is 0 Å². The first-order chi connectivity index (χ1) is 5.68. The lowest BCUT2D eigenvalue weighted by molar-refractivity contribution is 0.258. The van der Waals surface area contributed by atoms with Crippen LogP contribution in [-0.2, 0) is 13.1 Å². The van der Waals surface area contributed by atoms with Crippen molar-refractivity contribution >= 4 is 5.82 Å². The van der Waals surface area contributed by atoms with Crippen LogP contribution in [0.3, 0.4) is 0 Å². The quantitative estimate of drug-likeness (QED) is 0.599. The van der Waals surface area contributed by atoms with Crippen LogP contribution in [0.2, 0.25) is 0 Å². The van der Waals surface area contributed by atoms with Crippen molar-refractivity contribution < 1.29 is 0 Å². The van der Waals surface area contributed by atoms with E-state index in [1.165, 1.54) is 5.69 Å². The number of nitrogens with two attached hydrogens (primary N) is 1. The third-order valence-electron chi connectivity index (χ3n) is 2.47. The van der Waals surface area contributed by atoms with Gasteiger partial charge < -0.3 is 5.73 Å². The molecule has 0 atom stereocenters. The monoisotopic (exact) mass is 166 g/mol. The largest absolute Gasteiger partial charge is 0.382 e. The van der Waals surface area contributed by atoms with Crippen LogP contribution in [0.1, 0.15) is 11.3 Å². The Labute approximate surface area is 72.0 Å². The Hall–Kier alpha value is -1.03. The molecule has 0 radical (unpaired) electrons. The van der Waals surface area contributed by atoms with Crippen molar-refractivity contribution in [1.29, 1.82) is 0 Å². The van der Waals surface area contributed by atoms with Crippen LogP contribution < -0.4 is 5.73 Å². The van der Waals surface area contributed by atoms with E-state index in [1.54, 1.807) is 0 Å². The van der Waals surface area contributed by atoms with E-state index in [-0.39, 0.29) is 0 Å². The van der Waals surface area contributed by atoms with Gasteiger partial charge in [-0.05, 0) is 14.0 Å². The van der Waals surface area contributed by atoms with Crippen LogP contribution in [0.25, 0.3) is 0 Å². The normalized spacial score (nSPS) is 17.8. The van der Waals surface area contributed by atoms with Crippen LogP contribution in [0.15, 0.2) is 0 Å². The molecule has 2 rings (SSSR count). The molecule has 1 aliphatic heterocycles. The molecule has 4 heteroatoms. The summed E-state index contributed by atoms with van der Waals surface area (Å²) >= 11 is 0. The minimum atomic E-state index is 0.681. The van der Waals surface area contributed by atoms with Crippen LogP contribution in [0, 0.1) is 6.92 Å². The number of hydrogen-bond acceptors (Lipinski definition) is 3. The summed E-state index contributed by atoms with van der Waals surface area (Å²) in [5, 5.41) is 4.25. The Bertz CT molecular complexity index is 302. The summed E-state index contributed by atoms with van der Waals surface area (Å²) in [4.78, 5) is 2.28. The lowest BCUT2D eigenvalue weighted by Gasteiger charge is -2.23. The number of rotatable bonds is 0. The molecule has 0 amide bonds. The van der Waals surface area contributed by atoms with E-state index < -0.39 is 0 Å². The Kier molecular flexibility index (Phi) is 1.58. The lowest BCUT2D eigenvalue weighted by atomic mass is 10.2. The molecule has 2 N–H and O–H groups in total. The molecule has 0 bridgehead atoms. The highest BCUT2D eigenvalue weighted by Crippen LogP contribution is 2.19. The maximum Gasteiger partial charge on any atom is 0.148 e. The van der Waals surface area contributed by atoms with E-state index in [4.69, 9.17) is 5.73 Å². The van der Waals surface area contributed by atoms with E-state index in [9.17, 15) is 0 Å². The fourth-order valence-corrected chi connectivity index (χ4v) is 1.59. The Morgan fingerprint density at radius 3 is 2.92 bits per heavy atom. The molecule has 66 valence electrons. The van der Waals surface area contributed by atoms with Gasteiger partial charge in [0.15, 0.2) is 0 Å². The lowest BCUT2D eigenvalue weighted by Crippen LogP contribution is -2.30. The van der Waals surface area contributed by atoms with Gasteiger partial charge in [-0.2, -0.15) is 5.10 Å². The maximum atomic E-state index is 5.72. The van der Waals surface area contributed by atoms with Gasteiger partial charge in [0.2, 0.25) is 0 Å². The highest BCUT2D eigenvalue weighted by molar-refractivity contribution is 5.41. The summed E-state index contributed by atoms with van der Waals surface area (Å²) < 4.78 is 2.02. The molecule has 0 aliphatic carbocycles. The minimum Gasteiger partial charge on any atom is -0.382 e. The number of nitrogen functional groups attached to an aromatic ring is 1. The molecular weight excluding hydrogens is 152 g/mol. The van der Waals surface area contributed by atoms with Crippen LogP contribution in [0.4, 0.5) is 5.82 Å². The number of likely N-dealkylation sites (N-methyl/N-ethyl adjacent to an activating group) is 1. The fourth-order valence-electron chi connectivity index (χ4n) is 1.59. The van der Waals surface area contributed by atoms with Gasteiger partial charge in [-0.15, -0.1) is 0 Å². The van der Waals surface area contributed by atoms with Gasteiger partial charge in [0.05, 0.1) is 12.2 Å². The molecule has 1 aromatic rings. The number of hydrogen-bond donors (Lipinski definition) is 1. The van der Waals surface area contributed by atoms with Gasteiger partial charge in [-0.3, -0.25) is 9.58 Å². The van der Waals surface area contributed by atoms with Gasteiger partial charge >= 0.3 is 0 Å². The Balaban J connectivity index is 2.44. The predicted octanol–water partition coefficient (Wildman–Crippen LogP) is 0.219. The molecule has 0 saturated heterocycles. The summed E-state index contributed by atoms with van der Waals surface area (Å²) in [6.45, 7) is 5.03. The molecular formula is C8H14N4. The third kappa shape index (κ3) is 0.992. The number of anilines is 1. The average molecular weight is 166 g/mol. The third-order valence-corrected chi connectivity index (χ3v) is 2.47. The van der Waals surface area contributed by atoms with E-state index in [0.29, 0.717) is 5.82 Å². The maximum absolute atomic E-state index is 5.72. The van der Waals surface area contributed by atoms with Crippen molar-refractivity contribution in [2.45, 2.75) is 20.0 Å². The van der Waals surface area contributed by atoms with Crippen LogP contribution in [0.5, 0.6) is 0 Å². The molecule has 4 nitrogen and oxygen atoms in total. The molecule has 0 fully saturated rings. The molecule has 2 heterocycles. The summed E-state index contributed by atoms with van der Waals surface area (Å²) in [5.41, 5.74) is 8.12. The van der Waals surface area contributed by atoms with Crippen LogP contribution in [-0.4, -0.2) is 28.3 Å². The smallest absolute Gasteiger partial charge is 0.148 e. The van der Waals surface area contributed by atoms with E-state index in [1.807, 2.05) is 11.6 Å². The van der Waals surface area contributed by atoms with Gasteiger partial charge in [0, 0.05) is 18.7 Å². The Morgan fingerprint density at radius 2 is 2.17 bits per heavy atom. The highest BCUT2D eigenvalue weighted by Gasteiger charge is 2.17. The molecule has 1 aromatic heterocycles. The molecule has 0 spiro atoms. The van der Waals surface area contributed by atoms with Crippen molar-refractivity contribution in [3.05, 3.63) is 11.3 Å². The van der Waals surface area contributed by atoms with Gasteiger partial charge in [0.25, 0.3) is 0 Å². The van der Waals surface area contributed by atoms with Crippen molar-refractivity contribution in [2.24, 2.45) is 0 Å². The van der Waals surface area contributed by atoms with E-state index in [0.717, 1.165) is 25.2 Å². The summed E-state index contributed by atoms with van der Waals surface area (Å²) in [5.74, 6) is 0.681. The first-order valence-corrected chi connectivity index (χ1v) is 4.19. The molecule has 0 unspecified atom stereocenters. The van der Waals surface area contributed by atoms with Gasteiger partial charge in [0.1, 0.15) is 5.82 Å². The van der Waals surface area contributed by atoms with Gasteiger partial charge in [-0.1, -0.05) is 0 Å². The number of nitrogens with zero attached hydrogens (tertiary/aromatic N) is 3. The zero-order valence-corrected chi connectivity index (χ0v) is 7.54. The first kappa shape index (κ1) is 7.61. The molecule has 0 aromatic carbocycles. The summed E-state index contributed by atoms with van der Waals surface area (Å²) in [6.07, 6.45) is 0. The van der Waals surface area contributed by atoms with Crippen molar-refractivity contribution in [3.63, 3.8) is 0 Å². The zero-order valence-electron chi connectivity index (χ0n) is 7.54. The second kappa shape index (κ2) is 2.48. The van der Waals surface area contributed by atoms with E-state index >= 15 is 0 Å². The molecule has 0 saturated carbocycles. The van der Waals surface area contributed by atoms with E-state index in [2.05, 4.69) is 17.0 Å². The minimum absolute atomic E-state index is 0.681. The predicted molar refractivity (Wildman–Crippen MR) is 47.7 cm³/mol. The van der Waals surface area contributed by atoms with Crippen molar-refractivity contribution in [1.82, 2.24) is 14.7 Å². The standard InChI is InChI=1S/C8H14N4/c1-6-7-5-11(2)3-4-12(7)10-8(6)9/h3-5H2,1-2H3,(H2,9,10). The summed E-state index contributed by atoms with van der Waals surface area (Å²) in [6, 6.07) is 0. The zero-order chi connectivity index (χ0) is 8.72. The molecule has 12 heavy (non-hydrogen) atoms. The van der Waals surface area contributed by atoms with Crippen molar-refractivity contribution in [3.8, 4) is 0 Å². The number of aromatic nitrogens is 2. The fraction of sp³-hybridized carbons (Fsp3) is 0.625. The highest BCUT2D eigenvalue weighted by atomic mass is 15.3. The second-order valence-corrected chi connectivity index (χ2v) is 3.42. The molecule has 1 aliphatic rings. The Morgan fingerprint density at radius 1 is 1.42 bits per heavy atom. The SMILES string of the molecule is Cc1c(N)nn2c1CN(C)CC2.